The average molecular weight is 619 g/mol. The van der Waals surface area contributed by atoms with Crippen LogP contribution in [0.2, 0.25) is 0 Å². The predicted octanol–water partition coefficient (Wildman–Crippen LogP) is 8.74. The van der Waals surface area contributed by atoms with Crippen LogP contribution in [0.1, 0.15) is 116 Å². The van der Waals surface area contributed by atoms with Crippen molar-refractivity contribution in [2.75, 3.05) is 19.0 Å². The molecule has 0 saturated heterocycles. The lowest BCUT2D eigenvalue weighted by atomic mass is 9.84. The van der Waals surface area contributed by atoms with Gasteiger partial charge in [-0.3, -0.25) is 14.6 Å². The third-order valence-corrected chi connectivity index (χ3v) is 7.90. The number of likely N-dealkylation sites (N-methyl/N-ethyl adjacent to an activating group) is 1. The molecule has 45 heavy (non-hydrogen) atoms. The van der Waals surface area contributed by atoms with Crippen molar-refractivity contribution in [1.82, 2.24) is 10.3 Å². The van der Waals surface area contributed by atoms with E-state index in [1.165, 1.54) is 50.7 Å². The first-order valence-electron chi connectivity index (χ1n) is 17.0. The van der Waals surface area contributed by atoms with Crippen molar-refractivity contribution in [3.63, 3.8) is 0 Å². The lowest BCUT2D eigenvalue weighted by molar-refractivity contribution is -0.146. The Labute approximate surface area is 272 Å². The molecule has 0 aliphatic heterocycles. The van der Waals surface area contributed by atoms with E-state index >= 15 is 0 Å². The normalized spacial score (nSPS) is 14.0. The molecule has 0 radical (unpaired) electrons. The fourth-order valence-electron chi connectivity index (χ4n) is 5.35. The number of rotatable bonds is 15. The predicted molar refractivity (Wildman–Crippen MR) is 189 cm³/mol. The number of ether oxygens (including phenoxy) is 1. The molecule has 0 bridgehead atoms. The molecular weight excluding hydrogens is 560 g/mol. The number of hydrazine groups is 1. The minimum atomic E-state index is -0.125. The summed E-state index contributed by atoms with van der Waals surface area (Å²) in [5.41, 5.74) is 13.3. The first-order valence-corrected chi connectivity index (χ1v) is 17.0. The molecule has 1 aliphatic carbocycles. The molecule has 1 fully saturated rings. The number of carbonyl (C=O) groups is 2. The van der Waals surface area contributed by atoms with E-state index in [1.807, 2.05) is 39.1 Å². The largest absolute Gasteiger partial charge is 0.463 e. The molecule has 3 rings (SSSR count). The Morgan fingerprint density at radius 2 is 1.73 bits per heavy atom. The number of carbonyl (C=O) groups excluding carboxylic acids is 2. The second-order valence-electron chi connectivity index (χ2n) is 12.2. The molecule has 2 aromatic carbocycles. The Balaban J connectivity index is 0.000000777. The minimum absolute atomic E-state index is 0.0300. The van der Waals surface area contributed by atoms with Gasteiger partial charge in [-0.05, 0) is 75.1 Å². The summed E-state index contributed by atoms with van der Waals surface area (Å²) in [6.45, 7) is 13.3. The maximum atomic E-state index is 12.9. The molecule has 1 saturated carbocycles. The van der Waals surface area contributed by atoms with E-state index < -0.39 is 0 Å². The standard InChI is InChI=1S/C32H46N4O.C6H12O2/c1-5-7-18-30(28-16-12-9-13-17-28)33-23-25(3)29-20-19-27(21-31(29)35-34-6-2)22-32(37)36(4)24-26-14-10-8-11-15-26;1-4-6(7)8-5(2)3/h8,10-11,14-15,19-21,23,28,34-35H,5-7,9,12-13,16-18,22,24H2,1-4H3;5H,4H2,1-3H3/b25-23+,33-30?;. The van der Waals surface area contributed by atoms with Crippen LogP contribution in [0, 0.1) is 5.92 Å². The smallest absolute Gasteiger partial charge is 0.305 e. The summed E-state index contributed by atoms with van der Waals surface area (Å²) in [6.07, 6.45) is 13.0. The molecule has 0 heterocycles. The summed E-state index contributed by atoms with van der Waals surface area (Å²) in [7, 11) is 1.87. The van der Waals surface area contributed by atoms with Gasteiger partial charge in [-0.2, -0.15) is 0 Å². The van der Waals surface area contributed by atoms with Crippen molar-refractivity contribution in [2.24, 2.45) is 10.9 Å². The van der Waals surface area contributed by atoms with Gasteiger partial charge in [0.2, 0.25) is 5.91 Å². The van der Waals surface area contributed by atoms with Gasteiger partial charge in [0.15, 0.2) is 0 Å². The number of hydrogen-bond donors (Lipinski definition) is 2. The topological polar surface area (TPSA) is 83.0 Å². The quantitative estimate of drug-likeness (QED) is 0.118. The number of allylic oxidation sites excluding steroid dienone is 1. The van der Waals surface area contributed by atoms with Crippen molar-refractivity contribution >= 4 is 28.8 Å². The fourth-order valence-corrected chi connectivity index (χ4v) is 5.35. The molecule has 7 heteroatoms. The third-order valence-electron chi connectivity index (χ3n) is 7.90. The molecule has 2 N–H and O–H groups in total. The monoisotopic (exact) mass is 618 g/mol. The van der Waals surface area contributed by atoms with Gasteiger partial charge in [0, 0.05) is 44.0 Å². The Bertz CT molecular complexity index is 1220. The fraction of sp³-hybridized carbons (Fsp3) is 0.553. The van der Waals surface area contributed by atoms with Gasteiger partial charge in [0.25, 0.3) is 0 Å². The molecule has 0 spiro atoms. The molecule has 248 valence electrons. The Kier molecular flexibility index (Phi) is 17.9. The van der Waals surface area contributed by atoms with Crippen LogP contribution in [-0.2, 0) is 27.3 Å². The molecule has 0 aromatic heterocycles. The van der Waals surface area contributed by atoms with Crippen molar-refractivity contribution < 1.29 is 14.3 Å². The number of hydrogen-bond acceptors (Lipinski definition) is 6. The third kappa shape index (κ3) is 14.5. The molecule has 7 nitrogen and oxygen atoms in total. The van der Waals surface area contributed by atoms with Crippen molar-refractivity contribution in [3.8, 4) is 0 Å². The number of benzene rings is 2. The van der Waals surface area contributed by atoms with Gasteiger partial charge in [-0.15, -0.1) is 0 Å². The summed E-state index contributed by atoms with van der Waals surface area (Å²) in [5.74, 6) is 0.626. The van der Waals surface area contributed by atoms with Crippen molar-refractivity contribution in [1.29, 1.82) is 0 Å². The van der Waals surface area contributed by atoms with Crippen LogP contribution in [0.15, 0.2) is 59.7 Å². The molecule has 1 aliphatic rings. The van der Waals surface area contributed by atoms with Gasteiger partial charge in [-0.1, -0.05) is 88.9 Å². The molecule has 0 atom stereocenters. The second-order valence-corrected chi connectivity index (χ2v) is 12.2. The van der Waals surface area contributed by atoms with E-state index in [0.29, 0.717) is 25.3 Å². The van der Waals surface area contributed by atoms with Crippen LogP contribution in [0.4, 0.5) is 5.69 Å². The SMILES string of the molecule is CCC(=O)OC(C)C.CCCCC(=N/C=C(\C)c1ccc(CC(=O)N(C)Cc2ccccc2)cc1NNCC)C1CCCCC1. The van der Waals surface area contributed by atoms with Crippen LogP contribution < -0.4 is 10.9 Å². The lowest BCUT2D eigenvalue weighted by Gasteiger charge is -2.23. The maximum Gasteiger partial charge on any atom is 0.305 e. The maximum absolute atomic E-state index is 12.9. The second kappa shape index (κ2) is 21.3. The summed E-state index contributed by atoms with van der Waals surface area (Å²) < 4.78 is 4.76. The first-order chi connectivity index (χ1) is 21.7. The zero-order chi connectivity index (χ0) is 33.0. The van der Waals surface area contributed by atoms with E-state index in [-0.39, 0.29) is 18.0 Å². The highest BCUT2D eigenvalue weighted by molar-refractivity contribution is 5.88. The number of nitrogens with one attached hydrogen (secondary N) is 2. The first kappa shape index (κ1) is 37.7. The Morgan fingerprint density at radius 3 is 2.33 bits per heavy atom. The van der Waals surface area contributed by atoms with E-state index in [1.54, 1.807) is 11.8 Å². The zero-order valence-corrected chi connectivity index (χ0v) is 29.0. The summed E-state index contributed by atoms with van der Waals surface area (Å²) >= 11 is 0. The van der Waals surface area contributed by atoms with Crippen molar-refractivity contribution in [2.45, 2.75) is 118 Å². The molecular formula is C38H58N4O3. The number of aliphatic imine (C=N–C) groups is 1. The number of esters is 1. The van der Waals surface area contributed by atoms with Crippen LogP contribution in [-0.4, -0.2) is 42.2 Å². The lowest BCUT2D eigenvalue weighted by Crippen LogP contribution is -2.28. The Hall–Kier alpha value is -3.45. The summed E-state index contributed by atoms with van der Waals surface area (Å²) in [6, 6.07) is 16.4. The van der Waals surface area contributed by atoms with Gasteiger partial charge < -0.3 is 15.1 Å². The van der Waals surface area contributed by atoms with Crippen LogP contribution in [0.3, 0.4) is 0 Å². The van der Waals surface area contributed by atoms with Gasteiger partial charge >= 0.3 is 5.97 Å². The Morgan fingerprint density at radius 1 is 1.02 bits per heavy atom. The molecule has 1 amide bonds. The molecule has 2 aromatic rings. The number of amides is 1. The van der Waals surface area contributed by atoms with Gasteiger partial charge in [0.1, 0.15) is 0 Å². The number of unbranched alkanes of at least 4 members (excludes halogenated alkanes) is 1. The van der Waals surface area contributed by atoms with Crippen molar-refractivity contribution in [3.05, 3.63) is 71.4 Å². The number of nitrogens with zero attached hydrogens (tertiary/aromatic N) is 2. The van der Waals surface area contributed by atoms with Gasteiger partial charge in [-0.25, -0.2) is 5.43 Å². The zero-order valence-electron chi connectivity index (χ0n) is 29.0. The highest BCUT2D eigenvalue weighted by atomic mass is 16.5. The van der Waals surface area contributed by atoms with Crippen LogP contribution >= 0.6 is 0 Å². The summed E-state index contributed by atoms with van der Waals surface area (Å²) in [4.78, 5) is 30.2. The average Bonchev–Trinajstić information content (AvgIpc) is 3.04. The van der Waals surface area contributed by atoms with Crippen LogP contribution in [0.5, 0.6) is 0 Å². The van der Waals surface area contributed by atoms with E-state index in [4.69, 9.17) is 9.73 Å². The van der Waals surface area contributed by atoms with E-state index in [9.17, 15) is 9.59 Å². The summed E-state index contributed by atoms with van der Waals surface area (Å²) in [5, 5.41) is 0. The van der Waals surface area contributed by atoms with E-state index in [0.717, 1.165) is 40.9 Å². The molecule has 0 unspecified atom stereocenters. The minimum Gasteiger partial charge on any atom is -0.463 e. The highest BCUT2D eigenvalue weighted by Crippen LogP contribution is 2.29. The van der Waals surface area contributed by atoms with Gasteiger partial charge in [0.05, 0.1) is 18.2 Å². The number of anilines is 1. The van der Waals surface area contributed by atoms with E-state index in [2.05, 4.69) is 68.2 Å². The van der Waals surface area contributed by atoms with Crippen LogP contribution in [0.25, 0.3) is 5.57 Å². The highest BCUT2D eigenvalue weighted by Gasteiger charge is 2.19.